The van der Waals surface area contributed by atoms with Crippen molar-refractivity contribution in [3.8, 4) is 0 Å². The van der Waals surface area contributed by atoms with Crippen molar-refractivity contribution >= 4 is 58.6 Å². The van der Waals surface area contributed by atoms with Crippen LogP contribution < -0.4 is 34.5 Å². The molecule has 0 saturated heterocycles. The first kappa shape index (κ1) is 34.3. The largest absolute Gasteiger partial charge is 1.00 e. The number of esters is 2. The molecule has 0 N–H and O–H groups in total. The number of ether oxygens (including phenoxy) is 2. The predicted octanol–water partition coefficient (Wildman–Crippen LogP) is 2.10. The number of hydrogen-bond acceptors (Lipinski definition) is 12. The van der Waals surface area contributed by atoms with Gasteiger partial charge in [0.25, 0.3) is 0 Å². The molecule has 42 heavy (non-hydrogen) atoms. The Bertz CT molecular complexity index is 1390. The summed E-state index contributed by atoms with van der Waals surface area (Å²) in [4.78, 5) is 54.3. The van der Waals surface area contributed by atoms with Crippen molar-refractivity contribution in [1.29, 1.82) is 0 Å². The van der Waals surface area contributed by atoms with Crippen LogP contribution in [0.4, 0.5) is 5.82 Å². The number of aldehydes is 1. The first-order chi connectivity index (χ1) is 19.9. The second-order valence-electron chi connectivity index (χ2n) is 9.86. The number of methoxy groups -OCH3 is 2. The van der Waals surface area contributed by atoms with Crippen molar-refractivity contribution in [2.75, 3.05) is 38.2 Å². The van der Waals surface area contributed by atoms with Crippen LogP contribution in [-0.2, 0) is 14.3 Å². The van der Waals surface area contributed by atoms with E-state index in [9.17, 15) is 14.4 Å². The summed E-state index contributed by atoms with van der Waals surface area (Å²) in [5, 5.41) is 2.21. The molecule has 0 aliphatic heterocycles. The minimum Gasteiger partial charge on any atom is -1.00 e. The Morgan fingerprint density at radius 2 is 1.62 bits per heavy atom. The van der Waals surface area contributed by atoms with Gasteiger partial charge in [0.15, 0.2) is 16.6 Å². The van der Waals surface area contributed by atoms with E-state index in [1.807, 2.05) is 23.5 Å². The van der Waals surface area contributed by atoms with E-state index in [1.54, 1.807) is 6.20 Å². The zero-order valence-corrected chi connectivity index (χ0v) is 28.5. The first-order valence-corrected chi connectivity index (χ1v) is 16.1. The molecule has 0 unspecified atom stereocenters. The van der Waals surface area contributed by atoms with Gasteiger partial charge < -0.3 is 20.4 Å². The van der Waals surface area contributed by atoms with Gasteiger partial charge in [0.1, 0.15) is 23.7 Å². The zero-order valence-electron chi connectivity index (χ0n) is 25.9. The van der Waals surface area contributed by atoms with Gasteiger partial charge in [-0.3, -0.25) is 9.59 Å². The van der Waals surface area contributed by atoms with E-state index < -0.39 is 0 Å². The number of fused-ring (bicyclic) bond motifs is 1. The van der Waals surface area contributed by atoms with Gasteiger partial charge in [-0.05, 0) is 44.3 Å². The van der Waals surface area contributed by atoms with Gasteiger partial charge >= 0.3 is 41.5 Å². The number of thioether (sulfide) groups is 2. The number of carbonyl (C=O) groups excluding carboxylic acids is 3. The van der Waals surface area contributed by atoms with Gasteiger partial charge in [0, 0.05) is 29.9 Å². The van der Waals surface area contributed by atoms with Crippen LogP contribution in [0.3, 0.4) is 0 Å². The quantitative estimate of drug-likeness (QED) is 0.114. The molecule has 3 aromatic rings. The Labute approximate surface area is 278 Å². The van der Waals surface area contributed by atoms with Crippen LogP contribution in [-0.4, -0.2) is 82.0 Å². The zero-order chi connectivity index (χ0) is 29.4. The van der Waals surface area contributed by atoms with Gasteiger partial charge in [0.2, 0.25) is 0 Å². The van der Waals surface area contributed by atoms with E-state index in [-0.39, 0.29) is 55.5 Å². The summed E-state index contributed by atoms with van der Waals surface area (Å²) < 4.78 is 11.7. The van der Waals surface area contributed by atoms with E-state index in [0.717, 1.165) is 61.0 Å². The molecule has 3 aromatic heterocycles. The third kappa shape index (κ3) is 8.04. The Kier molecular flexibility index (Phi) is 13.6. The first-order valence-electron chi connectivity index (χ1n) is 13.6. The maximum Gasteiger partial charge on any atom is 1.00 e. The third-order valence-electron chi connectivity index (χ3n) is 7.47. The topological polar surface area (TPSA) is 129 Å². The van der Waals surface area contributed by atoms with Gasteiger partial charge in [-0.1, -0.05) is 49.2 Å². The van der Waals surface area contributed by atoms with E-state index in [0.29, 0.717) is 28.3 Å². The van der Waals surface area contributed by atoms with Crippen molar-refractivity contribution in [1.82, 2.24) is 24.5 Å². The summed E-state index contributed by atoms with van der Waals surface area (Å²) in [6, 6.07) is 2.39. The predicted molar refractivity (Wildman–Crippen MR) is 160 cm³/mol. The molecule has 0 radical (unpaired) electrons. The second-order valence-corrected chi connectivity index (χ2v) is 11.4. The van der Waals surface area contributed by atoms with Crippen LogP contribution >= 0.6 is 23.5 Å². The fourth-order valence-electron chi connectivity index (χ4n) is 5.46. The van der Waals surface area contributed by atoms with Gasteiger partial charge in [0.05, 0.1) is 19.8 Å². The summed E-state index contributed by atoms with van der Waals surface area (Å²) in [7, 11) is 2.78. The molecule has 0 spiro atoms. The minimum atomic E-state index is -0.330. The molecular formula is C28H37N6NaO5S2. The summed E-state index contributed by atoms with van der Waals surface area (Å²) in [5.41, 5.74) is 1.84. The molecule has 0 aromatic carbocycles. The molecule has 0 bridgehead atoms. The molecule has 11 nitrogen and oxygen atoms in total. The number of anilines is 1. The smallest absolute Gasteiger partial charge is 1.00 e. The molecular weight excluding hydrogens is 587 g/mol. The maximum atomic E-state index is 12.0. The average Bonchev–Trinajstić information content (AvgIpc) is 3.80. The molecule has 222 valence electrons. The number of aromatic nitrogens is 5. The number of hydrogen-bond donors (Lipinski definition) is 0. The third-order valence-corrected chi connectivity index (χ3v) is 8.59. The SMILES string of the molecule is COC(=O)CN(c1nc(SC)ncc1C=O)C1CCCC1.COC(=O)c1cc2cnc(SC)nc2n1C1CCCC1.[H-].[Na+]. The summed E-state index contributed by atoms with van der Waals surface area (Å²) in [5.74, 6) is -0.106. The van der Waals surface area contributed by atoms with Gasteiger partial charge in [-0.25, -0.2) is 24.7 Å². The molecule has 5 rings (SSSR count). The Morgan fingerprint density at radius 3 is 2.21 bits per heavy atom. The van der Waals surface area contributed by atoms with Crippen LogP contribution in [0.1, 0.15) is 79.7 Å². The van der Waals surface area contributed by atoms with Crippen LogP contribution in [0, 0.1) is 0 Å². The van der Waals surface area contributed by atoms with E-state index >= 15 is 0 Å². The van der Waals surface area contributed by atoms with Crippen molar-refractivity contribution in [2.24, 2.45) is 0 Å². The summed E-state index contributed by atoms with van der Waals surface area (Å²) in [6.07, 6.45) is 16.7. The minimum absolute atomic E-state index is 0. The van der Waals surface area contributed by atoms with Crippen molar-refractivity contribution in [3.63, 3.8) is 0 Å². The Hall–Kier alpha value is -2.19. The fourth-order valence-corrected chi connectivity index (χ4v) is 6.13. The second kappa shape index (κ2) is 16.6. The maximum absolute atomic E-state index is 12.0. The standard InChI is InChI=1S/C14H19N3O3S.C14H17N3O2S.Na.H/c1-20-12(19)8-17(11-5-3-4-6-11)13-10(9-18)7-15-14(16-13)21-2;1-19-13(18)11-7-9-8-15-14(20-2)16-12(9)17(11)10-5-3-4-6-10;;/h7,9,11H,3-6,8H2,1-2H3;7-8,10H,3-6H2,1-2H3;;/q;;+1;-1. The molecule has 2 saturated carbocycles. The number of carbonyl (C=O) groups is 3. The molecule has 14 heteroatoms. The summed E-state index contributed by atoms with van der Waals surface area (Å²) in [6.45, 7) is 0.104. The van der Waals surface area contributed by atoms with Crippen LogP contribution in [0.2, 0.25) is 0 Å². The van der Waals surface area contributed by atoms with Crippen molar-refractivity contribution < 1.29 is 54.8 Å². The molecule has 0 atom stereocenters. The van der Waals surface area contributed by atoms with Crippen molar-refractivity contribution in [2.45, 2.75) is 73.8 Å². The van der Waals surface area contributed by atoms with E-state index in [4.69, 9.17) is 9.47 Å². The van der Waals surface area contributed by atoms with Crippen LogP contribution in [0.5, 0.6) is 0 Å². The Balaban J connectivity index is 0.000000287. The Morgan fingerprint density at radius 1 is 1.00 bits per heavy atom. The summed E-state index contributed by atoms with van der Waals surface area (Å²) >= 11 is 2.91. The molecule has 2 aliphatic carbocycles. The van der Waals surface area contributed by atoms with E-state index in [2.05, 4.69) is 24.5 Å². The molecule has 0 amide bonds. The van der Waals surface area contributed by atoms with Crippen LogP contribution in [0.15, 0.2) is 28.8 Å². The monoisotopic (exact) mass is 624 g/mol. The molecule has 2 aliphatic rings. The normalized spacial score (nSPS) is 15.0. The fraction of sp³-hybridized carbons (Fsp3) is 0.536. The average molecular weight is 625 g/mol. The van der Waals surface area contributed by atoms with Crippen LogP contribution in [0.25, 0.3) is 11.0 Å². The van der Waals surface area contributed by atoms with Gasteiger partial charge in [-0.2, -0.15) is 0 Å². The van der Waals surface area contributed by atoms with Crippen molar-refractivity contribution in [3.05, 3.63) is 29.7 Å². The number of rotatable bonds is 9. The number of nitrogens with zero attached hydrogens (tertiary/aromatic N) is 6. The van der Waals surface area contributed by atoms with Gasteiger partial charge in [-0.15, -0.1) is 0 Å². The molecule has 2 fully saturated rings. The van der Waals surface area contributed by atoms with E-state index in [1.165, 1.54) is 56.8 Å². The molecule has 3 heterocycles.